The van der Waals surface area contributed by atoms with Gasteiger partial charge in [-0.2, -0.15) is 0 Å². The molecule has 0 saturated carbocycles. The number of hydrogen-bond acceptors (Lipinski definition) is 5. The Bertz CT molecular complexity index is 873. The molecule has 0 aliphatic heterocycles. The van der Waals surface area contributed by atoms with Gasteiger partial charge in [-0.3, -0.25) is 9.59 Å². The molecular formula is C47H84O5. The van der Waals surface area contributed by atoms with Crippen LogP contribution in [0.15, 0.2) is 48.6 Å². The normalized spacial score (nSPS) is 12.6. The number of allylic oxidation sites excluding steroid dienone is 8. The summed E-state index contributed by atoms with van der Waals surface area (Å²) >= 11 is 0. The first-order valence-electron chi connectivity index (χ1n) is 22.2. The molecule has 0 radical (unpaired) electrons. The second-order valence-electron chi connectivity index (χ2n) is 14.8. The van der Waals surface area contributed by atoms with Gasteiger partial charge in [-0.15, -0.1) is 0 Å². The third-order valence-electron chi connectivity index (χ3n) is 9.58. The molecule has 5 nitrogen and oxygen atoms in total. The van der Waals surface area contributed by atoms with Crippen LogP contribution in [0.1, 0.15) is 219 Å². The molecule has 0 unspecified atom stereocenters. The van der Waals surface area contributed by atoms with E-state index in [1.165, 1.54) is 116 Å². The van der Waals surface area contributed by atoms with E-state index in [1.54, 1.807) is 0 Å². The second-order valence-corrected chi connectivity index (χ2v) is 14.8. The van der Waals surface area contributed by atoms with E-state index in [0.717, 1.165) is 77.0 Å². The number of hydrogen-bond donors (Lipinski definition) is 1. The zero-order valence-electron chi connectivity index (χ0n) is 34.3. The van der Waals surface area contributed by atoms with Crippen molar-refractivity contribution in [2.24, 2.45) is 0 Å². The molecule has 0 fully saturated rings. The summed E-state index contributed by atoms with van der Waals surface area (Å²) in [7, 11) is 0. The lowest BCUT2D eigenvalue weighted by molar-refractivity contribution is -0.152. The predicted octanol–water partition coefficient (Wildman–Crippen LogP) is 14.2. The largest absolute Gasteiger partial charge is 0.463 e. The van der Waals surface area contributed by atoms with Crippen molar-refractivity contribution in [3.8, 4) is 0 Å². The molecule has 0 aliphatic carbocycles. The average molecular weight is 729 g/mol. The van der Waals surface area contributed by atoms with Crippen molar-refractivity contribution < 1.29 is 24.2 Å². The van der Waals surface area contributed by atoms with Crippen LogP contribution in [0.25, 0.3) is 0 Å². The molecule has 1 N–H and O–H groups in total. The van der Waals surface area contributed by atoms with Crippen LogP contribution in [0, 0.1) is 0 Å². The topological polar surface area (TPSA) is 72.8 Å². The lowest BCUT2D eigenvalue weighted by atomic mass is 10.0. The van der Waals surface area contributed by atoms with Gasteiger partial charge in [0, 0.05) is 12.8 Å². The number of aliphatic hydroxyl groups excluding tert-OH is 1. The standard InChI is InChI=1S/C47H84O5/c1-3-5-7-9-11-13-15-17-19-21-22-23-24-26-28-30-32-34-36-38-40-42-47(50)52-44-45(48)43-51-46(49)41-39-37-35-33-31-29-27-25-20-18-16-14-12-10-8-6-4-2/h6,8,12,14,18,20,27,29,45,48H,3-5,7,9-11,13,15-17,19,21-26,28,30-44H2,1-2H3/b8-6-,14-12-,20-18-,29-27-/t45-/m0/s1. The summed E-state index contributed by atoms with van der Waals surface area (Å²) in [4.78, 5) is 24.0. The molecule has 0 aromatic heterocycles. The fourth-order valence-corrected chi connectivity index (χ4v) is 6.25. The Hall–Kier alpha value is -2.14. The van der Waals surface area contributed by atoms with Gasteiger partial charge in [0.25, 0.3) is 0 Å². The molecule has 0 rings (SSSR count). The van der Waals surface area contributed by atoms with Gasteiger partial charge >= 0.3 is 11.9 Å². The number of carbonyl (C=O) groups is 2. The van der Waals surface area contributed by atoms with Crippen molar-refractivity contribution in [3.05, 3.63) is 48.6 Å². The van der Waals surface area contributed by atoms with Gasteiger partial charge < -0.3 is 14.6 Å². The highest BCUT2D eigenvalue weighted by Gasteiger charge is 2.12. The van der Waals surface area contributed by atoms with Crippen molar-refractivity contribution in [1.82, 2.24) is 0 Å². The van der Waals surface area contributed by atoms with E-state index in [0.29, 0.717) is 12.8 Å². The molecule has 0 aromatic rings. The summed E-state index contributed by atoms with van der Waals surface area (Å²) < 4.78 is 10.4. The van der Waals surface area contributed by atoms with Crippen LogP contribution < -0.4 is 0 Å². The maximum atomic E-state index is 12.0. The molecule has 52 heavy (non-hydrogen) atoms. The van der Waals surface area contributed by atoms with E-state index in [2.05, 4.69) is 62.5 Å². The Kier molecular flexibility index (Phi) is 41.5. The Morgan fingerprint density at radius 2 is 0.731 bits per heavy atom. The molecule has 0 spiro atoms. The summed E-state index contributed by atoms with van der Waals surface area (Å²) in [5.74, 6) is -0.586. The van der Waals surface area contributed by atoms with Gasteiger partial charge in [-0.1, -0.05) is 204 Å². The number of carbonyl (C=O) groups excluding carboxylic acids is 2. The maximum Gasteiger partial charge on any atom is 0.305 e. The van der Waals surface area contributed by atoms with Gasteiger partial charge in [-0.05, 0) is 51.4 Å². The fraction of sp³-hybridized carbons (Fsp3) is 0.787. The van der Waals surface area contributed by atoms with Gasteiger partial charge in [0.2, 0.25) is 0 Å². The van der Waals surface area contributed by atoms with Gasteiger partial charge in [0.05, 0.1) is 0 Å². The Labute approximate surface area is 322 Å². The molecule has 0 heterocycles. The quantitative estimate of drug-likeness (QED) is 0.0386. The SMILES string of the molecule is CC/C=C\C/C=C\C/C=C\C/C=C\CCCCCCC(=O)OC[C@H](O)COC(=O)CCCCCCCCCCCCCCCCCCCCCCC. The summed E-state index contributed by atoms with van der Waals surface area (Å²) in [6.07, 6.45) is 54.7. The van der Waals surface area contributed by atoms with Crippen molar-refractivity contribution in [2.45, 2.75) is 225 Å². The van der Waals surface area contributed by atoms with Crippen molar-refractivity contribution in [1.29, 1.82) is 0 Å². The molecule has 0 bridgehead atoms. The lowest BCUT2D eigenvalue weighted by Gasteiger charge is -2.12. The molecule has 0 aliphatic rings. The van der Waals surface area contributed by atoms with Crippen LogP contribution >= 0.6 is 0 Å². The zero-order valence-corrected chi connectivity index (χ0v) is 34.3. The second kappa shape index (κ2) is 43.3. The fourth-order valence-electron chi connectivity index (χ4n) is 6.25. The minimum atomic E-state index is -0.973. The van der Waals surface area contributed by atoms with Gasteiger partial charge in [0.1, 0.15) is 19.3 Å². The summed E-state index contributed by atoms with van der Waals surface area (Å²) in [6.45, 7) is 4.19. The van der Waals surface area contributed by atoms with Crippen molar-refractivity contribution in [2.75, 3.05) is 13.2 Å². The minimum absolute atomic E-state index is 0.122. The van der Waals surface area contributed by atoms with E-state index in [-0.39, 0.29) is 25.2 Å². The van der Waals surface area contributed by atoms with E-state index >= 15 is 0 Å². The smallest absolute Gasteiger partial charge is 0.305 e. The number of unbranched alkanes of at least 4 members (excludes halogenated alkanes) is 24. The number of ether oxygens (including phenoxy) is 2. The molecule has 0 amide bonds. The lowest BCUT2D eigenvalue weighted by Crippen LogP contribution is -2.25. The monoisotopic (exact) mass is 729 g/mol. The highest BCUT2D eigenvalue weighted by Crippen LogP contribution is 2.15. The Morgan fingerprint density at radius 3 is 1.10 bits per heavy atom. The van der Waals surface area contributed by atoms with E-state index in [9.17, 15) is 14.7 Å². The first-order valence-corrected chi connectivity index (χ1v) is 22.2. The molecule has 0 aromatic carbocycles. The van der Waals surface area contributed by atoms with Crippen LogP contribution in [-0.2, 0) is 19.1 Å². The van der Waals surface area contributed by atoms with Gasteiger partial charge in [-0.25, -0.2) is 0 Å². The van der Waals surface area contributed by atoms with Crippen LogP contribution in [0.5, 0.6) is 0 Å². The van der Waals surface area contributed by atoms with E-state index < -0.39 is 6.10 Å². The minimum Gasteiger partial charge on any atom is -0.463 e. The molecule has 1 atom stereocenters. The first-order chi connectivity index (χ1) is 25.6. The highest BCUT2D eigenvalue weighted by molar-refractivity contribution is 5.69. The maximum absolute atomic E-state index is 12.0. The van der Waals surface area contributed by atoms with E-state index in [1.807, 2.05) is 0 Å². The summed E-state index contributed by atoms with van der Waals surface area (Å²) in [5, 5.41) is 10.0. The van der Waals surface area contributed by atoms with Crippen LogP contribution in [0.2, 0.25) is 0 Å². The summed E-state index contributed by atoms with van der Waals surface area (Å²) in [6, 6.07) is 0. The average Bonchev–Trinajstić information content (AvgIpc) is 3.15. The molecular weight excluding hydrogens is 645 g/mol. The molecule has 0 saturated heterocycles. The summed E-state index contributed by atoms with van der Waals surface area (Å²) in [5.41, 5.74) is 0. The van der Waals surface area contributed by atoms with Crippen molar-refractivity contribution >= 4 is 11.9 Å². The number of esters is 2. The number of rotatable bonds is 40. The predicted molar refractivity (Wildman–Crippen MR) is 224 cm³/mol. The Morgan fingerprint density at radius 1 is 0.423 bits per heavy atom. The van der Waals surface area contributed by atoms with Crippen LogP contribution in [-0.4, -0.2) is 36.4 Å². The molecule has 302 valence electrons. The highest BCUT2D eigenvalue weighted by atomic mass is 16.6. The van der Waals surface area contributed by atoms with Crippen LogP contribution in [0.3, 0.4) is 0 Å². The molecule has 5 heteroatoms. The zero-order chi connectivity index (χ0) is 37.8. The van der Waals surface area contributed by atoms with Gasteiger partial charge in [0.15, 0.2) is 0 Å². The third-order valence-corrected chi connectivity index (χ3v) is 9.58. The third kappa shape index (κ3) is 42.3. The van der Waals surface area contributed by atoms with Crippen LogP contribution in [0.4, 0.5) is 0 Å². The van der Waals surface area contributed by atoms with Crippen molar-refractivity contribution in [3.63, 3.8) is 0 Å². The first kappa shape index (κ1) is 49.9. The number of aliphatic hydroxyl groups is 1. The Balaban J connectivity index is 3.43. The van der Waals surface area contributed by atoms with E-state index in [4.69, 9.17) is 9.47 Å².